The highest BCUT2D eigenvalue weighted by molar-refractivity contribution is 5.88. The van der Waals surface area contributed by atoms with Crippen LogP contribution in [0.2, 0.25) is 0 Å². The zero-order valence-electron chi connectivity index (χ0n) is 11.5. The lowest BCUT2D eigenvalue weighted by molar-refractivity contribution is -0.142. The summed E-state index contributed by atoms with van der Waals surface area (Å²) in [6, 6.07) is -0.00944. The highest BCUT2D eigenvalue weighted by atomic mass is 35.5. The molecule has 2 heterocycles. The summed E-state index contributed by atoms with van der Waals surface area (Å²) < 4.78 is 0. The van der Waals surface area contributed by atoms with E-state index in [1.807, 2.05) is 6.92 Å². The summed E-state index contributed by atoms with van der Waals surface area (Å²) in [6.07, 6.45) is 4.32. The summed E-state index contributed by atoms with van der Waals surface area (Å²) in [5.74, 6) is 0.129. The molecule has 2 amide bonds. The van der Waals surface area contributed by atoms with E-state index >= 15 is 0 Å². The van der Waals surface area contributed by atoms with Gasteiger partial charge in [0.25, 0.3) is 0 Å². The van der Waals surface area contributed by atoms with Crippen molar-refractivity contribution in [1.29, 1.82) is 0 Å². The van der Waals surface area contributed by atoms with Gasteiger partial charge in [-0.2, -0.15) is 0 Å². The lowest BCUT2D eigenvalue weighted by Crippen LogP contribution is -2.53. The van der Waals surface area contributed by atoms with Crippen molar-refractivity contribution >= 4 is 24.2 Å². The fourth-order valence-electron chi connectivity index (χ4n) is 2.78. The molecule has 19 heavy (non-hydrogen) atoms. The summed E-state index contributed by atoms with van der Waals surface area (Å²) in [4.78, 5) is 25.9. The maximum atomic E-state index is 12.3. The van der Waals surface area contributed by atoms with E-state index in [1.165, 1.54) is 0 Å². The summed E-state index contributed by atoms with van der Waals surface area (Å²) in [5.41, 5.74) is 0. The van der Waals surface area contributed by atoms with Crippen LogP contribution in [0.25, 0.3) is 0 Å². The molecule has 2 aliphatic rings. The van der Waals surface area contributed by atoms with Crippen LogP contribution >= 0.6 is 12.4 Å². The number of rotatable bonds is 3. The van der Waals surface area contributed by atoms with Crippen molar-refractivity contribution < 1.29 is 9.59 Å². The number of nitrogens with one attached hydrogen (secondary N) is 2. The number of amides is 2. The van der Waals surface area contributed by atoms with E-state index in [0.29, 0.717) is 6.42 Å². The van der Waals surface area contributed by atoms with Crippen LogP contribution in [0.5, 0.6) is 0 Å². The van der Waals surface area contributed by atoms with E-state index in [0.717, 1.165) is 45.3 Å². The molecule has 0 radical (unpaired) electrons. The van der Waals surface area contributed by atoms with Crippen molar-refractivity contribution in [2.75, 3.05) is 19.6 Å². The van der Waals surface area contributed by atoms with Crippen molar-refractivity contribution in [3.63, 3.8) is 0 Å². The predicted molar refractivity (Wildman–Crippen MR) is 76.3 cm³/mol. The molecule has 2 aliphatic heterocycles. The number of hydrogen-bond acceptors (Lipinski definition) is 3. The molecule has 6 heteroatoms. The van der Waals surface area contributed by atoms with Gasteiger partial charge in [0.15, 0.2) is 0 Å². The Bertz CT molecular complexity index is 319. The van der Waals surface area contributed by atoms with Gasteiger partial charge in [-0.25, -0.2) is 0 Å². The third kappa shape index (κ3) is 4.08. The normalized spacial score (nSPS) is 26.7. The molecule has 110 valence electrons. The molecule has 0 aromatic heterocycles. The third-order valence-electron chi connectivity index (χ3n) is 3.83. The Morgan fingerprint density at radius 2 is 2.11 bits per heavy atom. The molecule has 5 nitrogen and oxygen atoms in total. The molecule has 2 unspecified atom stereocenters. The Hall–Kier alpha value is -0.810. The molecular formula is C13H24ClN3O2. The van der Waals surface area contributed by atoms with Gasteiger partial charge in [0, 0.05) is 25.6 Å². The fraction of sp³-hybridized carbons (Fsp3) is 0.846. The van der Waals surface area contributed by atoms with Gasteiger partial charge in [0.05, 0.1) is 0 Å². The van der Waals surface area contributed by atoms with Crippen molar-refractivity contribution in [2.24, 2.45) is 0 Å². The van der Waals surface area contributed by atoms with E-state index < -0.39 is 0 Å². The average molecular weight is 290 g/mol. The van der Waals surface area contributed by atoms with Crippen LogP contribution < -0.4 is 10.6 Å². The molecule has 2 N–H and O–H groups in total. The lowest BCUT2D eigenvalue weighted by atomic mass is 10.0. The van der Waals surface area contributed by atoms with Crippen molar-refractivity contribution in [3.05, 3.63) is 0 Å². The first-order valence-corrected chi connectivity index (χ1v) is 7.03. The molecule has 0 bridgehead atoms. The van der Waals surface area contributed by atoms with Gasteiger partial charge < -0.3 is 15.5 Å². The monoisotopic (exact) mass is 289 g/mol. The van der Waals surface area contributed by atoms with E-state index in [-0.39, 0.29) is 36.3 Å². The largest absolute Gasteiger partial charge is 0.350 e. The molecule has 2 atom stereocenters. The van der Waals surface area contributed by atoms with Gasteiger partial charge in [-0.05, 0) is 32.2 Å². The number of carbonyl (C=O) groups is 2. The van der Waals surface area contributed by atoms with Gasteiger partial charge in [0.2, 0.25) is 11.8 Å². The molecule has 0 saturated carbocycles. The van der Waals surface area contributed by atoms with E-state index in [4.69, 9.17) is 0 Å². The van der Waals surface area contributed by atoms with Gasteiger partial charge in [-0.3, -0.25) is 9.59 Å². The van der Waals surface area contributed by atoms with Crippen LogP contribution in [0.3, 0.4) is 0 Å². The lowest BCUT2D eigenvalue weighted by Gasteiger charge is -2.35. The number of carbonyl (C=O) groups excluding carboxylic acids is 2. The minimum absolute atomic E-state index is 0. The maximum Gasteiger partial charge on any atom is 0.243 e. The van der Waals surface area contributed by atoms with Crippen molar-refractivity contribution in [2.45, 2.75) is 51.1 Å². The molecule has 2 fully saturated rings. The number of nitrogens with zero attached hydrogens (tertiary/aromatic N) is 1. The van der Waals surface area contributed by atoms with Crippen LogP contribution in [0.15, 0.2) is 0 Å². The maximum absolute atomic E-state index is 12.3. The predicted octanol–water partition coefficient (Wildman–Crippen LogP) is 0.677. The first-order valence-electron chi connectivity index (χ1n) is 7.03. The van der Waals surface area contributed by atoms with Gasteiger partial charge >= 0.3 is 0 Å². The first-order chi connectivity index (χ1) is 8.72. The zero-order valence-corrected chi connectivity index (χ0v) is 12.3. The topological polar surface area (TPSA) is 61.4 Å². The summed E-state index contributed by atoms with van der Waals surface area (Å²) in [7, 11) is 0. The first kappa shape index (κ1) is 16.2. The quantitative estimate of drug-likeness (QED) is 0.803. The number of piperidine rings is 1. The SMILES string of the molecule is CCC(=O)N1CCCCC1C(=O)NC1CCNC1.Cl. The number of hydrogen-bond donors (Lipinski definition) is 2. The summed E-state index contributed by atoms with van der Waals surface area (Å²) in [5, 5.41) is 6.29. The standard InChI is InChI=1S/C13H23N3O2.ClH/c1-2-12(17)16-8-4-3-5-11(16)13(18)15-10-6-7-14-9-10;/h10-11,14H,2-9H2,1H3,(H,15,18);1H. The zero-order chi connectivity index (χ0) is 13.0. The minimum atomic E-state index is -0.244. The average Bonchev–Trinajstić information content (AvgIpc) is 2.90. The van der Waals surface area contributed by atoms with Gasteiger partial charge in [0.1, 0.15) is 6.04 Å². The summed E-state index contributed by atoms with van der Waals surface area (Å²) in [6.45, 7) is 4.40. The Morgan fingerprint density at radius 1 is 1.32 bits per heavy atom. The summed E-state index contributed by atoms with van der Waals surface area (Å²) >= 11 is 0. The molecule has 2 saturated heterocycles. The molecule has 0 aromatic carbocycles. The second kappa shape index (κ2) is 7.70. The number of halogens is 1. The second-order valence-corrected chi connectivity index (χ2v) is 5.15. The van der Waals surface area contributed by atoms with E-state index in [1.54, 1.807) is 4.90 Å². The second-order valence-electron chi connectivity index (χ2n) is 5.15. The Labute approximate surface area is 120 Å². The van der Waals surface area contributed by atoms with E-state index in [2.05, 4.69) is 10.6 Å². The number of likely N-dealkylation sites (tertiary alicyclic amines) is 1. The van der Waals surface area contributed by atoms with Crippen LogP contribution in [-0.4, -0.2) is 48.4 Å². The molecular weight excluding hydrogens is 266 g/mol. The smallest absolute Gasteiger partial charge is 0.243 e. The Kier molecular flexibility index (Phi) is 6.58. The van der Waals surface area contributed by atoms with Crippen LogP contribution in [0.4, 0.5) is 0 Å². The highest BCUT2D eigenvalue weighted by Crippen LogP contribution is 2.18. The minimum Gasteiger partial charge on any atom is -0.350 e. The molecule has 0 spiro atoms. The molecule has 0 aliphatic carbocycles. The van der Waals surface area contributed by atoms with Crippen molar-refractivity contribution in [1.82, 2.24) is 15.5 Å². The third-order valence-corrected chi connectivity index (χ3v) is 3.83. The van der Waals surface area contributed by atoms with Crippen LogP contribution in [0, 0.1) is 0 Å². The Balaban J connectivity index is 0.00000180. The van der Waals surface area contributed by atoms with E-state index in [9.17, 15) is 9.59 Å². The molecule has 0 aromatic rings. The molecule has 2 rings (SSSR count). The van der Waals surface area contributed by atoms with Gasteiger partial charge in [-0.15, -0.1) is 12.4 Å². The Morgan fingerprint density at radius 3 is 2.74 bits per heavy atom. The van der Waals surface area contributed by atoms with Crippen molar-refractivity contribution in [3.8, 4) is 0 Å². The van der Waals surface area contributed by atoms with Crippen LogP contribution in [-0.2, 0) is 9.59 Å². The van der Waals surface area contributed by atoms with Gasteiger partial charge in [-0.1, -0.05) is 6.92 Å². The fourth-order valence-corrected chi connectivity index (χ4v) is 2.78. The van der Waals surface area contributed by atoms with Crippen LogP contribution in [0.1, 0.15) is 39.0 Å². The highest BCUT2D eigenvalue weighted by Gasteiger charge is 2.32.